The molecule has 82 valence electrons. The van der Waals surface area contributed by atoms with Gasteiger partial charge in [-0.3, -0.25) is 0 Å². The highest BCUT2D eigenvalue weighted by Gasteiger charge is 2.38. The normalized spacial score (nSPS) is 26.3. The van der Waals surface area contributed by atoms with E-state index in [1.54, 1.807) is 12.7 Å². The van der Waals surface area contributed by atoms with Crippen molar-refractivity contribution in [2.45, 2.75) is 33.6 Å². The van der Waals surface area contributed by atoms with Crippen molar-refractivity contribution in [1.29, 1.82) is 0 Å². The number of hydrogen-bond acceptors (Lipinski definition) is 1. The minimum absolute atomic E-state index is 0.680. The fraction of sp³-hybridized carbons (Fsp3) is 0.571. The summed E-state index contributed by atoms with van der Waals surface area (Å²) in [5.74, 6) is 2.46. The molecule has 0 saturated carbocycles. The maximum absolute atomic E-state index is 5.42. The lowest BCUT2D eigenvalue weighted by Gasteiger charge is -2.13. The predicted molar refractivity (Wildman–Crippen MR) is 63.4 cm³/mol. The molecule has 0 N–H and O–H groups in total. The maximum Gasteiger partial charge on any atom is 0.122 e. The molecule has 0 fully saturated rings. The van der Waals surface area contributed by atoms with Gasteiger partial charge in [0.05, 0.1) is 7.11 Å². The highest BCUT2D eigenvalue weighted by Crippen LogP contribution is 2.50. The molecule has 0 amide bonds. The fourth-order valence-corrected chi connectivity index (χ4v) is 2.40. The van der Waals surface area contributed by atoms with Crippen LogP contribution in [0.15, 0.2) is 34.6 Å². The second kappa shape index (κ2) is 3.88. The Kier molecular flexibility index (Phi) is 2.72. The van der Waals surface area contributed by atoms with E-state index >= 15 is 0 Å². The van der Waals surface area contributed by atoms with Crippen LogP contribution in [-0.4, -0.2) is 7.11 Å². The summed E-state index contributed by atoms with van der Waals surface area (Å²) in [6.07, 6.45) is 6.84. The topological polar surface area (TPSA) is 9.23 Å². The Balaban J connectivity index is 2.21. The van der Waals surface area contributed by atoms with Gasteiger partial charge in [-0.2, -0.15) is 0 Å². The van der Waals surface area contributed by atoms with Crippen molar-refractivity contribution in [3.05, 3.63) is 34.6 Å². The van der Waals surface area contributed by atoms with Gasteiger partial charge >= 0.3 is 0 Å². The van der Waals surface area contributed by atoms with Crippen LogP contribution < -0.4 is 0 Å². The Morgan fingerprint density at radius 3 is 2.80 bits per heavy atom. The van der Waals surface area contributed by atoms with E-state index in [1.165, 1.54) is 24.0 Å². The summed E-state index contributed by atoms with van der Waals surface area (Å²) < 4.78 is 5.42. The van der Waals surface area contributed by atoms with Gasteiger partial charge in [-0.05, 0) is 31.8 Å². The number of rotatable bonds is 3. The van der Waals surface area contributed by atoms with E-state index in [9.17, 15) is 0 Å². The number of methoxy groups -OCH3 is 1. The van der Waals surface area contributed by atoms with Crippen molar-refractivity contribution in [3.8, 4) is 0 Å². The molecular formula is C14H20O. The molecule has 0 aliphatic heterocycles. The van der Waals surface area contributed by atoms with Gasteiger partial charge in [-0.15, -0.1) is 0 Å². The first-order chi connectivity index (χ1) is 7.19. The minimum atomic E-state index is 0.680. The third kappa shape index (κ3) is 1.75. The molecule has 0 bridgehead atoms. The van der Waals surface area contributed by atoms with E-state index in [0.29, 0.717) is 11.8 Å². The summed E-state index contributed by atoms with van der Waals surface area (Å²) in [5.41, 5.74) is 4.55. The average molecular weight is 204 g/mol. The summed E-state index contributed by atoms with van der Waals surface area (Å²) in [6.45, 7) is 6.80. The Bertz CT molecular complexity index is 358. The molecule has 0 spiro atoms. The van der Waals surface area contributed by atoms with Gasteiger partial charge in [-0.25, -0.2) is 0 Å². The van der Waals surface area contributed by atoms with E-state index in [1.807, 2.05) is 0 Å². The smallest absolute Gasteiger partial charge is 0.122 e. The molecule has 1 heteroatoms. The van der Waals surface area contributed by atoms with E-state index < -0.39 is 0 Å². The number of hydrogen-bond donors (Lipinski definition) is 0. The molecule has 15 heavy (non-hydrogen) atoms. The largest absolute Gasteiger partial charge is 0.496 e. The van der Waals surface area contributed by atoms with Crippen LogP contribution in [0.2, 0.25) is 0 Å². The lowest BCUT2D eigenvalue weighted by Crippen LogP contribution is -1.99. The van der Waals surface area contributed by atoms with E-state index in [2.05, 4.69) is 32.9 Å². The molecule has 0 aromatic rings. The summed E-state index contributed by atoms with van der Waals surface area (Å²) in [5, 5.41) is 0. The first-order valence-corrected chi connectivity index (χ1v) is 5.84. The molecule has 0 aromatic carbocycles. The predicted octanol–water partition coefficient (Wildman–Crippen LogP) is 3.84. The van der Waals surface area contributed by atoms with Crippen molar-refractivity contribution in [2.24, 2.45) is 11.8 Å². The molecular weight excluding hydrogens is 184 g/mol. The Morgan fingerprint density at radius 2 is 2.20 bits per heavy atom. The zero-order valence-corrected chi connectivity index (χ0v) is 10.1. The number of ether oxygens (including phenoxy) is 1. The Labute approximate surface area is 92.5 Å². The van der Waals surface area contributed by atoms with Gasteiger partial charge in [0.25, 0.3) is 0 Å². The molecule has 2 rings (SSSR count). The van der Waals surface area contributed by atoms with E-state index in [0.717, 1.165) is 5.76 Å². The quantitative estimate of drug-likeness (QED) is 0.678. The van der Waals surface area contributed by atoms with Crippen molar-refractivity contribution < 1.29 is 4.74 Å². The summed E-state index contributed by atoms with van der Waals surface area (Å²) in [4.78, 5) is 0. The van der Waals surface area contributed by atoms with E-state index in [4.69, 9.17) is 4.74 Å². The molecule has 1 nitrogen and oxygen atoms in total. The second-order valence-corrected chi connectivity index (χ2v) is 4.64. The lowest BCUT2D eigenvalue weighted by molar-refractivity contribution is 0.301. The maximum atomic E-state index is 5.42. The monoisotopic (exact) mass is 204 g/mol. The van der Waals surface area contributed by atoms with Crippen LogP contribution in [0.3, 0.4) is 0 Å². The van der Waals surface area contributed by atoms with Crippen LogP contribution in [-0.2, 0) is 4.74 Å². The van der Waals surface area contributed by atoms with Crippen LogP contribution in [0, 0.1) is 11.8 Å². The first kappa shape index (κ1) is 10.5. The van der Waals surface area contributed by atoms with Crippen LogP contribution in [0.5, 0.6) is 0 Å². The van der Waals surface area contributed by atoms with Gasteiger partial charge in [0.2, 0.25) is 0 Å². The average Bonchev–Trinajstić information content (AvgIpc) is 2.92. The highest BCUT2D eigenvalue weighted by molar-refractivity contribution is 5.54. The number of fused-ring (bicyclic) bond motifs is 1. The van der Waals surface area contributed by atoms with Gasteiger partial charge in [0.1, 0.15) is 5.76 Å². The van der Waals surface area contributed by atoms with Gasteiger partial charge in [0, 0.05) is 11.5 Å². The van der Waals surface area contributed by atoms with Crippen molar-refractivity contribution >= 4 is 0 Å². The zero-order chi connectivity index (χ0) is 11.0. The summed E-state index contributed by atoms with van der Waals surface area (Å²) >= 11 is 0. The Morgan fingerprint density at radius 1 is 1.47 bits per heavy atom. The second-order valence-electron chi connectivity index (χ2n) is 4.64. The van der Waals surface area contributed by atoms with Crippen LogP contribution in [0.4, 0.5) is 0 Å². The van der Waals surface area contributed by atoms with Crippen molar-refractivity contribution in [3.63, 3.8) is 0 Å². The Hall–Kier alpha value is -0.980. The van der Waals surface area contributed by atoms with Crippen LogP contribution >= 0.6 is 0 Å². The fourth-order valence-electron chi connectivity index (χ4n) is 2.40. The SMILES string of the molecule is CCC(C)C1=CC=C(OC)C2=C(C)C2C1. The lowest BCUT2D eigenvalue weighted by atomic mass is 9.92. The van der Waals surface area contributed by atoms with Gasteiger partial charge in [-0.1, -0.05) is 31.1 Å². The van der Waals surface area contributed by atoms with Gasteiger partial charge in [0.15, 0.2) is 0 Å². The summed E-state index contributed by atoms with van der Waals surface area (Å²) in [7, 11) is 1.77. The third-order valence-corrected chi connectivity index (χ3v) is 3.83. The molecule has 2 unspecified atom stereocenters. The van der Waals surface area contributed by atoms with Crippen molar-refractivity contribution in [2.75, 3.05) is 7.11 Å². The number of allylic oxidation sites excluding steroid dienone is 5. The molecule has 2 aliphatic carbocycles. The summed E-state index contributed by atoms with van der Waals surface area (Å²) in [6, 6.07) is 0. The standard InChI is InChI=1S/C14H20O/c1-5-9(2)11-6-7-13(15-4)14-10(3)12(14)8-11/h6-7,9,12H,5,8H2,1-4H3. The highest BCUT2D eigenvalue weighted by atomic mass is 16.5. The van der Waals surface area contributed by atoms with E-state index in [-0.39, 0.29) is 0 Å². The molecule has 2 aliphatic rings. The van der Waals surface area contributed by atoms with Gasteiger partial charge < -0.3 is 4.74 Å². The molecule has 0 saturated heterocycles. The third-order valence-electron chi connectivity index (χ3n) is 3.83. The minimum Gasteiger partial charge on any atom is -0.496 e. The van der Waals surface area contributed by atoms with Crippen LogP contribution in [0.25, 0.3) is 0 Å². The first-order valence-electron chi connectivity index (χ1n) is 5.84. The molecule has 0 heterocycles. The molecule has 0 aromatic heterocycles. The van der Waals surface area contributed by atoms with Crippen LogP contribution in [0.1, 0.15) is 33.6 Å². The zero-order valence-electron chi connectivity index (χ0n) is 10.1. The van der Waals surface area contributed by atoms with Crippen molar-refractivity contribution in [1.82, 2.24) is 0 Å². The molecule has 0 radical (unpaired) electrons. The molecule has 2 atom stereocenters.